The van der Waals surface area contributed by atoms with Crippen LogP contribution in [0, 0.1) is 19.7 Å². The van der Waals surface area contributed by atoms with E-state index in [-0.39, 0.29) is 17.2 Å². The summed E-state index contributed by atoms with van der Waals surface area (Å²) in [5, 5.41) is 12.8. The number of hydrogen-bond donors (Lipinski definition) is 2. The number of nitrogens with zero attached hydrogens (tertiary/aromatic N) is 3. The predicted octanol–water partition coefficient (Wildman–Crippen LogP) is 1.30. The van der Waals surface area contributed by atoms with Crippen molar-refractivity contribution in [1.29, 1.82) is 0 Å². The Balaban J connectivity index is 2.68. The van der Waals surface area contributed by atoms with Gasteiger partial charge in [-0.3, -0.25) is 0 Å². The van der Waals surface area contributed by atoms with E-state index in [0.717, 1.165) is 6.07 Å². The maximum Gasteiger partial charge on any atom is 0.336 e. The van der Waals surface area contributed by atoms with E-state index in [4.69, 9.17) is 10.8 Å². The molecule has 0 fully saturated rings. The molecule has 94 valence electrons. The first-order chi connectivity index (χ1) is 8.40. The van der Waals surface area contributed by atoms with E-state index < -0.39 is 11.8 Å². The van der Waals surface area contributed by atoms with E-state index in [1.54, 1.807) is 6.92 Å². The SMILES string of the molecule is Cc1cc(F)c(-n2nc(N)nc2C)cc1C(=O)O. The highest BCUT2D eigenvalue weighted by Gasteiger charge is 2.16. The predicted molar refractivity (Wildman–Crippen MR) is 62.2 cm³/mol. The standard InChI is InChI=1S/C11H11FN4O2/c1-5-3-8(12)9(4-7(5)10(17)18)16-6(2)14-11(13)15-16/h3-4H,1-2H3,(H2,13,15)(H,17,18). The van der Waals surface area contributed by atoms with Crippen molar-refractivity contribution in [2.45, 2.75) is 13.8 Å². The van der Waals surface area contributed by atoms with Gasteiger partial charge in [0, 0.05) is 0 Å². The number of anilines is 1. The molecule has 0 bridgehead atoms. The molecule has 18 heavy (non-hydrogen) atoms. The Morgan fingerprint density at radius 1 is 1.44 bits per heavy atom. The molecule has 0 saturated heterocycles. The molecule has 2 rings (SSSR count). The van der Waals surface area contributed by atoms with Gasteiger partial charge in [-0.25, -0.2) is 13.9 Å². The largest absolute Gasteiger partial charge is 0.478 e. The fraction of sp³-hybridized carbons (Fsp3) is 0.182. The summed E-state index contributed by atoms with van der Waals surface area (Å²) in [7, 11) is 0. The fourth-order valence-electron chi connectivity index (χ4n) is 1.69. The van der Waals surface area contributed by atoms with Crippen LogP contribution < -0.4 is 5.73 Å². The Kier molecular flexibility index (Phi) is 2.74. The molecule has 0 radical (unpaired) electrons. The van der Waals surface area contributed by atoms with E-state index in [1.165, 1.54) is 17.7 Å². The molecular weight excluding hydrogens is 239 g/mol. The zero-order valence-corrected chi connectivity index (χ0v) is 9.81. The minimum Gasteiger partial charge on any atom is -0.478 e. The molecule has 0 saturated carbocycles. The lowest BCUT2D eigenvalue weighted by atomic mass is 10.1. The zero-order chi connectivity index (χ0) is 13.4. The van der Waals surface area contributed by atoms with Crippen molar-refractivity contribution in [3.8, 4) is 5.69 Å². The first kappa shape index (κ1) is 12.0. The summed E-state index contributed by atoms with van der Waals surface area (Å²) in [6.07, 6.45) is 0. The van der Waals surface area contributed by atoms with Crippen molar-refractivity contribution < 1.29 is 14.3 Å². The van der Waals surface area contributed by atoms with Gasteiger partial charge in [-0.1, -0.05) is 0 Å². The van der Waals surface area contributed by atoms with E-state index in [1.807, 2.05) is 0 Å². The Hall–Kier alpha value is -2.44. The third-order valence-corrected chi connectivity index (χ3v) is 2.54. The van der Waals surface area contributed by atoms with Gasteiger partial charge in [-0.2, -0.15) is 4.98 Å². The second-order valence-corrected chi connectivity index (χ2v) is 3.85. The number of nitrogen functional groups attached to an aromatic ring is 1. The van der Waals surface area contributed by atoms with Crippen molar-refractivity contribution in [3.63, 3.8) is 0 Å². The van der Waals surface area contributed by atoms with Crippen LogP contribution in [0.4, 0.5) is 10.3 Å². The molecule has 1 aromatic heterocycles. The minimum absolute atomic E-state index is 0.00403. The van der Waals surface area contributed by atoms with Crippen molar-refractivity contribution >= 4 is 11.9 Å². The molecule has 0 atom stereocenters. The highest BCUT2D eigenvalue weighted by Crippen LogP contribution is 2.20. The van der Waals surface area contributed by atoms with Gasteiger partial charge in [0.15, 0.2) is 0 Å². The highest BCUT2D eigenvalue weighted by atomic mass is 19.1. The first-order valence-electron chi connectivity index (χ1n) is 5.13. The number of hydrogen-bond acceptors (Lipinski definition) is 4. The Morgan fingerprint density at radius 2 is 2.11 bits per heavy atom. The molecule has 0 amide bonds. The van der Waals surface area contributed by atoms with Crippen LogP contribution in [0.25, 0.3) is 5.69 Å². The number of rotatable bonds is 2. The number of halogens is 1. The van der Waals surface area contributed by atoms with Gasteiger partial charge in [0.2, 0.25) is 5.95 Å². The number of carbonyl (C=O) groups is 1. The number of aryl methyl sites for hydroxylation is 2. The van der Waals surface area contributed by atoms with Crippen molar-refractivity contribution in [2.75, 3.05) is 5.73 Å². The quantitative estimate of drug-likeness (QED) is 0.837. The molecule has 1 aromatic carbocycles. The van der Waals surface area contributed by atoms with Gasteiger partial charge in [-0.15, -0.1) is 5.10 Å². The second-order valence-electron chi connectivity index (χ2n) is 3.85. The summed E-state index contributed by atoms with van der Waals surface area (Å²) in [5.41, 5.74) is 5.78. The van der Waals surface area contributed by atoms with Crippen LogP contribution >= 0.6 is 0 Å². The molecule has 1 heterocycles. The third kappa shape index (κ3) is 1.90. The summed E-state index contributed by atoms with van der Waals surface area (Å²) in [6.45, 7) is 3.13. The molecule has 0 aliphatic rings. The van der Waals surface area contributed by atoms with Crippen LogP contribution in [0.15, 0.2) is 12.1 Å². The summed E-state index contributed by atoms with van der Waals surface area (Å²) < 4.78 is 15.0. The lowest BCUT2D eigenvalue weighted by Crippen LogP contribution is -2.07. The number of benzene rings is 1. The van der Waals surface area contributed by atoms with Gasteiger partial charge in [0.25, 0.3) is 0 Å². The topological polar surface area (TPSA) is 94.0 Å². The number of carboxylic acids is 1. The lowest BCUT2D eigenvalue weighted by Gasteiger charge is -2.08. The van der Waals surface area contributed by atoms with Crippen molar-refractivity contribution in [1.82, 2.24) is 14.8 Å². The number of aromatic nitrogens is 3. The zero-order valence-electron chi connectivity index (χ0n) is 9.81. The summed E-state index contributed by atoms with van der Waals surface area (Å²) in [6, 6.07) is 2.37. The van der Waals surface area contributed by atoms with Crippen LogP contribution in [0.3, 0.4) is 0 Å². The van der Waals surface area contributed by atoms with Crippen molar-refractivity contribution in [2.24, 2.45) is 0 Å². The molecule has 0 aliphatic heterocycles. The maximum absolute atomic E-state index is 13.8. The van der Waals surface area contributed by atoms with Crippen LogP contribution in [-0.4, -0.2) is 25.8 Å². The summed E-state index contributed by atoms with van der Waals surface area (Å²) in [5.74, 6) is -1.32. The van der Waals surface area contributed by atoms with Gasteiger partial charge in [0.1, 0.15) is 17.3 Å². The highest BCUT2D eigenvalue weighted by molar-refractivity contribution is 5.90. The Morgan fingerprint density at radius 3 is 2.61 bits per heavy atom. The lowest BCUT2D eigenvalue weighted by molar-refractivity contribution is 0.0696. The van der Waals surface area contributed by atoms with Crippen LogP contribution in [0.5, 0.6) is 0 Å². The molecule has 0 spiro atoms. The average Bonchev–Trinajstić information content (AvgIpc) is 2.57. The third-order valence-electron chi connectivity index (χ3n) is 2.54. The van der Waals surface area contributed by atoms with E-state index in [0.29, 0.717) is 11.4 Å². The van der Waals surface area contributed by atoms with Gasteiger partial charge in [0.05, 0.1) is 5.56 Å². The van der Waals surface area contributed by atoms with Gasteiger partial charge >= 0.3 is 5.97 Å². The van der Waals surface area contributed by atoms with E-state index in [9.17, 15) is 9.18 Å². The van der Waals surface area contributed by atoms with Crippen LogP contribution in [0.1, 0.15) is 21.7 Å². The molecule has 7 heteroatoms. The average molecular weight is 250 g/mol. The smallest absolute Gasteiger partial charge is 0.336 e. The molecular formula is C11H11FN4O2. The molecule has 6 nitrogen and oxygen atoms in total. The Bertz CT molecular complexity index is 636. The minimum atomic E-state index is -1.13. The molecule has 3 N–H and O–H groups in total. The second kappa shape index (κ2) is 4.10. The summed E-state index contributed by atoms with van der Waals surface area (Å²) in [4.78, 5) is 14.9. The summed E-state index contributed by atoms with van der Waals surface area (Å²) >= 11 is 0. The van der Waals surface area contributed by atoms with E-state index >= 15 is 0 Å². The van der Waals surface area contributed by atoms with Crippen LogP contribution in [-0.2, 0) is 0 Å². The van der Waals surface area contributed by atoms with E-state index in [2.05, 4.69) is 10.1 Å². The van der Waals surface area contributed by atoms with Gasteiger partial charge in [-0.05, 0) is 31.5 Å². The van der Waals surface area contributed by atoms with Crippen LogP contribution in [0.2, 0.25) is 0 Å². The molecule has 0 unspecified atom stereocenters. The molecule has 0 aliphatic carbocycles. The maximum atomic E-state index is 13.8. The number of nitrogens with two attached hydrogens (primary N) is 1. The molecule has 2 aromatic rings. The normalized spacial score (nSPS) is 10.6. The number of aromatic carboxylic acids is 1. The number of carboxylic acid groups (broad SMARTS) is 1. The monoisotopic (exact) mass is 250 g/mol. The van der Waals surface area contributed by atoms with Crippen molar-refractivity contribution in [3.05, 3.63) is 34.9 Å². The first-order valence-corrected chi connectivity index (χ1v) is 5.13. The fourth-order valence-corrected chi connectivity index (χ4v) is 1.69. The Labute approximate surface area is 102 Å². The van der Waals surface area contributed by atoms with Gasteiger partial charge < -0.3 is 10.8 Å².